The standard InChI is InChI=1S/C8H7F3O/c9-8(10,11)7-3-1-6(5-12)2-4-7/h1,3-6H,2H2. The third-order valence-corrected chi connectivity index (χ3v) is 1.64. The molecule has 0 aromatic heterocycles. The maximum absolute atomic E-state index is 12.0. The van der Waals surface area contributed by atoms with Crippen molar-refractivity contribution in [2.45, 2.75) is 12.6 Å². The molecule has 0 heterocycles. The van der Waals surface area contributed by atoms with Crippen LogP contribution in [0.2, 0.25) is 0 Å². The smallest absolute Gasteiger partial charge is 0.303 e. The van der Waals surface area contributed by atoms with Gasteiger partial charge in [0, 0.05) is 5.92 Å². The van der Waals surface area contributed by atoms with Gasteiger partial charge in [-0.05, 0) is 6.42 Å². The van der Waals surface area contributed by atoms with Crippen molar-refractivity contribution < 1.29 is 18.0 Å². The minimum atomic E-state index is -4.29. The van der Waals surface area contributed by atoms with Crippen molar-refractivity contribution in [2.75, 3.05) is 0 Å². The van der Waals surface area contributed by atoms with E-state index in [1.807, 2.05) is 0 Å². The molecule has 1 aliphatic rings. The van der Waals surface area contributed by atoms with Gasteiger partial charge in [0.2, 0.25) is 0 Å². The van der Waals surface area contributed by atoms with Crippen LogP contribution in [0.4, 0.5) is 13.2 Å². The summed E-state index contributed by atoms with van der Waals surface area (Å²) in [5.74, 6) is -0.393. The topological polar surface area (TPSA) is 17.1 Å². The Morgan fingerprint density at radius 3 is 2.50 bits per heavy atom. The molecule has 0 bridgehead atoms. The molecule has 66 valence electrons. The van der Waals surface area contributed by atoms with E-state index in [-0.39, 0.29) is 6.42 Å². The molecule has 1 rings (SSSR count). The lowest BCUT2D eigenvalue weighted by atomic mass is 9.98. The molecule has 1 aliphatic carbocycles. The van der Waals surface area contributed by atoms with Crippen molar-refractivity contribution in [1.29, 1.82) is 0 Å². The lowest BCUT2D eigenvalue weighted by Gasteiger charge is -2.13. The first-order chi connectivity index (χ1) is 5.54. The maximum atomic E-state index is 12.0. The fourth-order valence-corrected chi connectivity index (χ4v) is 0.948. The number of aldehydes is 1. The Kier molecular flexibility index (Phi) is 2.35. The van der Waals surface area contributed by atoms with E-state index in [9.17, 15) is 18.0 Å². The monoisotopic (exact) mass is 176 g/mol. The molecule has 0 spiro atoms. The molecule has 12 heavy (non-hydrogen) atoms. The number of hydrogen-bond acceptors (Lipinski definition) is 1. The van der Waals surface area contributed by atoms with E-state index in [2.05, 4.69) is 0 Å². The Balaban J connectivity index is 2.70. The average Bonchev–Trinajstić information content (AvgIpc) is 2.03. The van der Waals surface area contributed by atoms with E-state index in [1.165, 1.54) is 6.08 Å². The van der Waals surface area contributed by atoms with E-state index in [4.69, 9.17) is 0 Å². The van der Waals surface area contributed by atoms with Crippen LogP contribution in [0.15, 0.2) is 23.8 Å². The summed E-state index contributed by atoms with van der Waals surface area (Å²) in [6, 6.07) is 0. The molecule has 0 saturated carbocycles. The lowest BCUT2D eigenvalue weighted by molar-refractivity contribution is -0.110. The predicted molar refractivity (Wildman–Crippen MR) is 37.4 cm³/mol. The minimum absolute atomic E-state index is 0.148. The fraction of sp³-hybridized carbons (Fsp3) is 0.375. The first kappa shape index (κ1) is 9.03. The first-order valence-corrected chi connectivity index (χ1v) is 3.45. The van der Waals surface area contributed by atoms with Crippen LogP contribution < -0.4 is 0 Å². The van der Waals surface area contributed by atoms with E-state index >= 15 is 0 Å². The van der Waals surface area contributed by atoms with Gasteiger partial charge in [-0.3, -0.25) is 0 Å². The predicted octanol–water partition coefficient (Wildman–Crippen LogP) is 2.25. The third-order valence-electron chi connectivity index (χ3n) is 1.64. The highest BCUT2D eigenvalue weighted by Crippen LogP contribution is 2.30. The minimum Gasteiger partial charge on any atom is -0.303 e. The summed E-state index contributed by atoms with van der Waals surface area (Å²) >= 11 is 0. The molecule has 0 radical (unpaired) electrons. The van der Waals surface area contributed by atoms with Crippen molar-refractivity contribution in [3.05, 3.63) is 23.8 Å². The number of rotatable bonds is 1. The molecule has 0 aliphatic heterocycles. The van der Waals surface area contributed by atoms with Crippen molar-refractivity contribution >= 4 is 6.29 Å². The number of hydrogen-bond donors (Lipinski definition) is 0. The number of halogens is 3. The van der Waals surface area contributed by atoms with E-state index in [0.29, 0.717) is 6.29 Å². The molecule has 0 aromatic carbocycles. The van der Waals surface area contributed by atoms with Gasteiger partial charge in [0.05, 0.1) is 5.57 Å². The van der Waals surface area contributed by atoms with Gasteiger partial charge in [0.25, 0.3) is 0 Å². The second kappa shape index (κ2) is 3.13. The molecule has 1 nitrogen and oxygen atoms in total. The SMILES string of the molecule is O=CC1C=CC(C(F)(F)F)=CC1. The van der Waals surface area contributed by atoms with E-state index in [0.717, 1.165) is 12.2 Å². The Hall–Kier alpha value is -1.06. The van der Waals surface area contributed by atoms with Crippen LogP contribution in [0.1, 0.15) is 6.42 Å². The quantitative estimate of drug-likeness (QED) is 0.560. The third kappa shape index (κ3) is 1.96. The zero-order chi connectivity index (χ0) is 9.19. The van der Waals surface area contributed by atoms with E-state index in [1.54, 1.807) is 0 Å². The maximum Gasteiger partial charge on any atom is 0.416 e. The van der Waals surface area contributed by atoms with Gasteiger partial charge in [0.1, 0.15) is 6.29 Å². The van der Waals surface area contributed by atoms with Crippen LogP contribution in [0.25, 0.3) is 0 Å². The van der Waals surface area contributed by atoms with Crippen LogP contribution in [0, 0.1) is 5.92 Å². The normalized spacial score (nSPS) is 23.6. The molecule has 0 amide bonds. The molecule has 4 heteroatoms. The van der Waals surface area contributed by atoms with Crippen molar-refractivity contribution in [1.82, 2.24) is 0 Å². The van der Waals surface area contributed by atoms with Gasteiger partial charge in [-0.1, -0.05) is 18.2 Å². The molecule has 1 unspecified atom stereocenters. The molecular weight excluding hydrogens is 169 g/mol. The fourth-order valence-electron chi connectivity index (χ4n) is 0.948. The van der Waals surface area contributed by atoms with Crippen LogP contribution in [0.3, 0.4) is 0 Å². The van der Waals surface area contributed by atoms with Gasteiger partial charge in [-0.2, -0.15) is 13.2 Å². The number of carbonyl (C=O) groups excluding carboxylic acids is 1. The molecule has 0 N–H and O–H groups in total. The van der Waals surface area contributed by atoms with Crippen molar-refractivity contribution in [3.63, 3.8) is 0 Å². The Morgan fingerprint density at radius 2 is 2.17 bits per heavy atom. The average molecular weight is 176 g/mol. The highest BCUT2D eigenvalue weighted by atomic mass is 19.4. The van der Waals surface area contributed by atoms with Crippen LogP contribution in [-0.4, -0.2) is 12.5 Å². The second-order valence-electron chi connectivity index (χ2n) is 2.55. The van der Waals surface area contributed by atoms with Crippen molar-refractivity contribution in [2.24, 2.45) is 5.92 Å². The molecule has 1 atom stereocenters. The summed E-state index contributed by atoms with van der Waals surface area (Å²) in [7, 11) is 0. The van der Waals surface area contributed by atoms with Crippen LogP contribution in [-0.2, 0) is 4.79 Å². The summed E-state index contributed by atoms with van der Waals surface area (Å²) in [6.45, 7) is 0. The second-order valence-corrected chi connectivity index (χ2v) is 2.55. The first-order valence-electron chi connectivity index (χ1n) is 3.45. The van der Waals surface area contributed by atoms with Gasteiger partial charge >= 0.3 is 6.18 Å². The number of carbonyl (C=O) groups is 1. The van der Waals surface area contributed by atoms with Gasteiger partial charge in [-0.25, -0.2) is 0 Å². The zero-order valence-corrected chi connectivity index (χ0v) is 6.14. The van der Waals surface area contributed by atoms with Crippen molar-refractivity contribution in [3.8, 4) is 0 Å². The van der Waals surface area contributed by atoms with Gasteiger partial charge in [0.15, 0.2) is 0 Å². The summed E-state index contributed by atoms with van der Waals surface area (Å²) in [6.07, 6.45) is -0.239. The Morgan fingerprint density at radius 1 is 1.50 bits per heavy atom. The number of allylic oxidation sites excluding steroid dienone is 4. The largest absolute Gasteiger partial charge is 0.416 e. The molecular formula is C8H7F3O. The Bertz CT molecular complexity index is 237. The van der Waals surface area contributed by atoms with Gasteiger partial charge in [-0.15, -0.1) is 0 Å². The summed E-state index contributed by atoms with van der Waals surface area (Å²) < 4.78 is 35.9. The highest BCUT2D eigenvalue weighted by Gasteiger charge is 2.32. The Labute approximate surface area is 67.6 Å². The highest BCUT2D eigenvalue weighted by molar-refractivity contribution is 5.58. The number of alkyl halides is 3. The summed E-state index contributed by atoms with van der Waals surface area (Å²) in [5, 5.41) is 0. The molecule has 0 saturated heterocycles. The molecule has 0 fully saturated rings. The van der Waals surface area contributed by atoms with Crippen LogP contribution >= 0.6 is 0 Å². The van der Waals surface area contributed by atoms with Gasteiger partial charge < -0.3 is 4.79 Å². The zero-order valence-electron chi connectivity index (χ0n) is 6.14. The molecule has 0 aromatic rings. The lowest BCUT2D eigenvalue weighted by Crippen LogP contribution is -2.13. The summed E-state index contributed by atoms with van der Waals surface area (Å²) in [4.78, 5) is 10.2. The summed E-state index contributed by atoms with van der Waals surface area (Å²) in [5.41, 5.74) is -0.666. The van der Waals surface area contributed by atoms with E-state index < -0.39 is 17.7 Å². The van der Waals surface area contributed by atoms with Crippen LogP contribution in [0.5, 0.6) is 0 Å².